The standard InChI is InChI=1S/C12H17FN2/c1-8(14-2)9-7-15(3)11-6-4-5-10(13)12(9)11/h4-6,8-9,14H,7H2,1-3H3. The molecule has 3 heteroatoms. The Balaban J connectivity index is 2.44. The quantitative estimate of drug-likeness (QED) is 0.799. The van der Waals surface area contributed by atoms with Crippen LogP contribution in [0.3, 0.4) is 0 Å². The molecule has 0 saturated heterocycles. The molecule has 82 valence electrons. The number of nitrogens with one attached hydrogen (secondary N) is 1. The van der Waals surface area contributed by atoms with Gasteiger partial charge in [-0.15, -0.1) is 0 Å². The molecule has 2 rings (SSSR count). The summed E-state index contributed by atoms with van der Waals surface area (Å²) in [6.07, 6.45) is 0. The first-order chi connectivity index (χ1) is 7.15. The van der Waals surface area contributed by atoms with Gasteiger partial charge in [0, 0.05) is 36.8 Å². The molecule has 0 saturated carbocycles. The minimum Gasteiger partial charge on any atom is -0.374 e. The van der Waals surface area contributed by atoms with Crippen LogP contribution in [0.5, 0.6) is 0 Å². The van der Waals surface area contributed by atoms with Gasteiger partial charge in [-0.25, -0.2) is 4.39 Å². The number of fused-ring (bicyclic) bond motifs is 1. The van der Waals surface area contributed by atoms with E-state index in [1.165, 1.54) is 0 Å². The lowest BCUT2D eigenvalue weighted by molar-refractivity contribution is 0.493. The molecule has 2 unspecified atom stereocenters. The van der Waals surface area contributed by atoms with Gasteiger partial charge in [0.2, 0.25) is 0 Å². The van der Waals surface area contributed by atoms with Crippen molar-refractivity contribution < 1.29 is 4.39 Å². The first kappa shape index (κ1) is 10.4. The molecule has 15 heavy (non-hydrogen) atoms. The van der Waals surface area contributed by atoms with Crippen LogP contribution >= 0.6 is 0 Å². The van der Waals surface area contributed by atoms with Crippen molar-refractivity contribution in [2.24, 2.45) is 0 Å². The van der Waals surface area contributed by atoms with Crippen LogP contribution in [0.1, 0.15) is 18.4 Å². The summed E-state index contributed by atoms with van der Waals surface area (Å²) in [7, 11) is 3.93. The number of likely N-dealkylation sites (N-methyl/N-ethyl adjacent to an activating group) is 2. The van der Waals surface area contributed by atoms with Crippen molar-refractivity contribution >= 4 is 5.69 Å². The predicted octanol–water partition coefficient (Wildman–Crippen LogP) is 1.97. The predicted molar refractivity (Wildman–Crippen MR) is 60.9 cm³/mol. The van der Waals surface area contributed by atoms with Crippen LogP contribution in [-0.2, 0) is 0 Å². The Morgan fingerprint density at radius 2 is 2.27 bits per heavy atom. The van der Waals surface area contributed by atoms with Gasteiger partial charge in [-0.1, -0.05) is 6.07 Å². The van der Waals surface area contributed by atoms with Crippen LogP contribution in [0.2, 0.25) is 0 Å². The molecule has 1 aromatic rings. The van der Waals surface area contributed by atoms with Gasteiger partial charge in [-0.2, -0.15) is 0 Å². The molecule has 1 aliphatic rings. The van der Waals surface area contributed by atoms with E-state index in [0.29, 0.717) is 6.04 Å². The van der Waals surface area contributed by atoms with Crippen molar-refractivity contribution in [2.45, 2.75) is 18.9 Å². The van der Waals surface area contributed by atoms with Gasteiger partial charge in [0.05, 0.1) is 0 Å². The maximum Gasteiger partial charge on any atom is 0.128 e. The minimum absolute atomic E-state index is 0.0797. The smallest absolute Gasteiger partial charge is 0.128 e. The van der Waals surface area contributed by atoms with Crippen molar-refractivity contribution in [1.29, 1.82) is 0 Å². The highest BCUT2D eigenvalue weighted by Crippen LogP contribution is 2.38. The summed E-state index contributed by atoms with van der Waals surface area (Å²) >= 11 is 0. The van der Waals surface area contributed by atoms with Gasteiger partial charge < -0.3 is 10.2 Å². The molecule has 0 spiro atoms. The van der Waals surface area contributed by atoms with E-state index in [-0.39, 0.29) is 11.7 Å². The Morgan fingerprint density at radius 1 is 1.53 bits per heavy atom. The second-order valence-corrected chi connectivity index (χ2v) is 4.24. The zero-order valence-electron chi connectivity index (χ0n) is 9.42. The average Bonchev–Trinajstić information content (AvgIpc) is 2.57. The fourth-order valence-corrected chi connectivity index (χ4v) is 2.32. The normalized spacial score (nSPS) is 21.6. The van der Waals surface area contributed by atoms with Gasteiger partial charge in [0.25, 0.3) is 0 Å². The SMILES string of the molecule is CNC(C)C1CN(C)c2cccc(F)c21. The number of halogens is 1. The Labute approximate surface area is 90.1 Å². The molecule has 0 fully saturated rings. The Kier molecular flexibility index (Phi) is 2.65. The zero-order chi connectivity index (χ0) is 11.0. The number of nitrogens with zero attached hydrogens (tertiary/aromatic N) is 1. The number of anilines is 1. The van der Waals surface area contributed by atoms with E-state index in [1.807, 2.05) is 20.2 Å². The van der Waals surface area contributed by atoms with Gasteiger partial charge in [-0.05, 0) is 26.1 Å². The van der Waals surface area contributed by atoms with Crippen LogP contribution in [0, 0.1) is 5.82 Å². The fourth-order valence-electron chi connectivity index (χ4n) is 2.32. The number of benzene rings is 1. The highest BCUT2D eigenvalue weighted by atomic mass is 19.1. The topological polar surface area (TPSA) is 15.3 Å². The van der Waals surface area contributed by atoms with Gasteiger partial charge in [0.15, 0.2) is 0 Å². The highest BCUT2D eigenvalue weighted by Gasteiger charge is 2.32. The van der Waals surface area contributed by atoms with Gasteiger partial charge in [-0.3, -0.25) is 0 Å². The molecule has 1 aliphatic heterocycles. The molecular weight excluding hydrogens is 191 g/mol. The van der Waals surface area contributed by atoms with Crippen molar-refractivity contribution in [2.75, 3.05) is 25.5 Å². The van der Waals surface area contributed by atoms with E-state index in [2.05, 4.69) is 17.1 Å². The highest BCUT2D eigenvalue weighted by molar-refractivity contribution is 5.60. The molecule has 1 aromatic carbocycles. The van der Waals surface area contributed by atoms with Gasteiger partial charge in [0.1, 0.15) is 5.82 Å². The first-order valence-electron chi connectivity index (χ1n) is 5.32. The maximum absolute atomic E-state index is 13.8. The second kappa shape index (κ2) is 3.81. The van der Waals surface area contributed by atoms with E-state index in [1.54, 1.807) is 12.1 Å². The molecule has 2 atom stereocenters. The third kappa shape index (κ3) is 1.61. The lowest BCUT2D eigenvalue weighted by Gasteiger charge is -2.19. The third-order valence-corrected chi connectivity index (χ3v) is 3.34. The lowest BCUT2D eigenvalue weighted by atomic mass is 9.94. The molecule has 1 heterocycles. The summed E-state index contributed by atoms with van der Waals surface area (Å²) in [6, 6.07) is 5.61. The molecular formula is C12H17FN2. The van der Waals surface area contributed by atoms with Crippen LogP contribution < -0.4 is 10.2 Å². The molecule has 0 bridgehead atoms. The van der Waals surface area contributed by atoms with Crippen molar-refractivity contribution in [3.05, 3.63) is 29.6 Å². The van der Waals surface area contributed by atoms with Crippen molar-refractivity contribution in [1.82, 2.24) is 5.32 Å². The maximum atomic E-state index is 13.8. The minimum atomic E-state index is -0.0797. The second-order valence-electron chi connectivity index (χ2n) is 4.24. The largest absolute Gasteiger partial charge is 0.374 e. The Hall–Kier alpha value is -1.09. The number of hydrogen-bond acceptors (Lipinski definition) is 2. The number of hydrogen-bond donors (Lipinski definition) is 1. The Bertz CT molecular complexity index is 365. The summed E-state index contributed by atoms with van der Waals surface area (Å²) < 4.78 is 13.8. The molecule has 2 nitrogen and oxygen atoms in total. The van der Waals surface area contributed by atoms with Crippen LogP contribution in [0.25, 0.3) is 0 Å². The monoisotopic (exact) mass is 208 g/mol. The van der Waals surface area contributed by atoms with E-state index >= 15 is 0 Å². The van der Waals surface area contributed by atoms with E-state index in [0.717, 1.165) is 17.8 Å². The number of rotatable bonds is 2. The van der Waals surface area contributed by atoms with Gasteiger partial charge >= 0.3 is 0 Å². The van der Waals surface area contributed by atoms with Crippen LogP contribution in [0.4, 0.5) is 10.1 Å². The third-order valence-electron chi connectivity index (χ3n) is 3.34. The van der Waals surface area contributed by atoms with Crippen molar-refractivity contribution in [3.63, 3.8) is 0 Å². The summed E-state index contributed by atoms with van der Waals surface area (Å²) in [6.45, 7) is 2.98. The van der Waals surface area contributed by atoms with E-state index < -0.39 is 0 Å². The Morgan fingerprint density at radius 3 is 2.93 bits per heavy atom. The summed E-state index contributed by atoms with van der Waals surface area (Å²) in [4.78, 5) is 2.12. The molecule has 0 aromatic heterocycles. The first-order valence-corrected chi connectivity index (χ1v) is 5.32. The summed E-state index contributed by atoms with van der Waals surface area (Å²) in [5.74, 6) is 0.167. The van der Waals surface area contributed by atoms with Crippen molar-refractivity contribution in [3.8, 4) is 0 Å². The van der Waals surface area contributed by atoms with E-state index in [4.69, 9.17) is 0 Å². The lowest BCUT2D eigenvalue weighted by Crippen LogP contribution is -2.31. The molecule has 0 amide bonds. The van der Waals surface area contributed by atoms with E-state index in [9.17, 15) is 4.39 Å². The summed E-state index contributed by atoms with van der Waals surface area (Å²) in [5, 5.41) is 3.20. The average molecular weight is 208 g/mol. The van der Waals surface area contributed by atoms with Crippen LogP contribution in [-0.4, -0.2) is 26.7 Å². The molecule has 1 N–H and O–H groups in total. The fraction of sp³-hybridized carbons (Fsp3) is 0.500. The molecule has 0 radical (unpaired) electrons. The molecule has 0 aliphatic carbocycles. The van der Waals surface area contributed by atoms with Crippen LogP contribution in [0.15, 0.2) is 18.2 Å². The summed E-state index contributed by atoms with van der Waals surface area (Å²) in [5.41, 5.74) is 1.89. The zero-order valence-corrected chi connectivity index (χ0v) is 9.42.